The van der Waals surface area contributed by atoms with E-state index in [1.807, 2.05) is 52.0 Å². The number of alkyl halides is 1. The number of hydrogen-bond donors (Lipinski definition) is 2. The molecule has 1 aliphatic rings. The van der Waals surface area contributed by atoms with Crippen LogP contribution in [-0.4, -0.2) is 42.0 Å². The van der Waals surface area contributed by atoms with E-state index in [-0.39, 0.29) is 24.2 Å². The van der Waals surface area contributed by atoms with Crippen molar-refractivity contribution in [2.45, 2.75) is 45.0 Å². The average Bonchev–Trinajstić information content (AvgIpc) is 2.65. The highest BCUT2D eigenvalue weighted by atomic mass is 35.5. The van der Waals surface area contributed by atoms with Crippen LogP contribution >= 0.6 is 11.6 Å². The van der Waals surface area contributed by atoms with Crippen molar-refractivity contribution in [3.63, 3.8) is 0 Å². The van der Waals surface area contributed by atoms with Crippen LogP contribution in [0.2, 0.25) is 0 Å². The highest BCUT2D eigenvalue weighted by molar-refractivity contribution is 6.62. The van der Waals surface area contributed by atoms with Gasteiger partial charge in [0.2, 0.25) is 0 Å². The molecule has 2 N–H and O–H groups in total. The molecule has 1 unspecified atom stereocenters. The average molecular weight is 312 g/mol. The lowest BCUT2D eigenvalue weighted by atomic mass is 9.79. The summed E-state index contributed by atoms with van der Waals surface area (Å²) in [7, 11) is -0.350. The standard InChI is InChI=1S/C15H23BClNO3/c1-14(2)15(3,4)21-16(20-14)11-5-7-12(8-6-11)18-10-13(19)9-17/h5-8,13,18-19H,9-10H2,1-4H3. The molecule has 0 saturated carbocycles. The van der Waals surface area contributed by atoms with Crippen LogP contribution in [0.15, 0.2) is 24.3 Å². The van der Waals surface area contributed by atoms with Crippen LogP contribution in [0.4, 0.5) is 5.69 Å². The summed E-state index contributed by atoms with van der Waals surface area (Å²) in [5.41, 5.74) is 1.24. The zero-order chi connectivity index (χ0) is 15.7. The van der Waals surface area contributed by atoms with Gasteiger partial charge < -0.3 is 19.7 Å². The Morgan fingerprint density at radius 3 is 2.14 bits per heavy atom. The van der Waals surface area contributed by atoms with Gasteiger partial charge in [-0.05, 0) is 45.3 Å². The third-order valence-electron chi connectivity index (χ3n) is 4.16. The molecule has 0 aromatic heterocycles. The van der Waals surface area contributed by atoms with Gasteiger partial charge in [-0.3, -0.25) is 0 Å². The fraction of sp³-hybridized carbons (Fsp3) is 0.600. The molecule has 1 fully saturated rings. The van der Waals surface area contributed by atoms with Gasteiger partial charge in [0.05, 0.1) is 23.2 Å². The highest BCUT2D eigenvalue weighted by Crippen LogP contribution is 2.36. The monoisotopic (exact) mass is 311 g/mol. The Hall–Kier alpha value is -0.745. The molecule has 2 rings (SSSR count). The van der Waals surface area contributed by atoms with E-state index in [0.717, 1.165) is 11.2 Å². The van der Waals surface area contributed by atoms with Crippen LogP contribution in [-0.2, 0) is 9.31 Å². The van der Waals surface area contributed by atoms with Crippen molar-refractivity contribution in [2.24, 2.45) is 0 Å². The lowest BCUT2D eigenvalue weighted by Crippen LogP contribution is -2.41. The number of aliphatic hydroxyl groups is 1. The number of hydrogen-bond acceptors (Lipinski definition) is 4. The summed E-state index contributed by atoms with van der Waals surface area (Å²) in [6, 6.07) is 7.83. The Balaban J connectivity index is 2.00. The van der Waals surface area contributed by atoms with Gasteiger partial charge in [-0.2, -0.15) is 0 Å². The zero-order valence-electron chi connectivity index (χ0n) is 13.0. The second-order valence-electron chi connectivity index (χ2n) is 6.40. The largest absolute Gasteiger partial charge is 0.494 e. The molecular formula is C15H23BClNO3. The molecule has 0 aliphatic carbocycles. The second-order valence-corrected chi connectivity index (χ2v) is 6.71. The van der Waals surface area contributed by atoms with Crippen LogP contribution in [0.5, 0.6) is 0 Å². The van der Waals surface area contributed by atoms with E-state index in [4.69, 9.17) is 20.9 Å². The summed E-state index contributed by atoms with van der Waals surface area (Å²) >= 11 is 5.56. The van der Waals surface area contributed by atoms with Gasteiger partial charge in [-0.1, -0.05) is 12.1 Å². The number of aliphatic hydroxyl groups excluding tert-OH is 1. The van der Waals surface area contributed by atoms with Crippen LogP contribution in [0, 0.1) is 0 Å². The van der Waals surface area contributed by atoms with Crippen LogP contribution in [0.25, 0.3) is 0 Å². The normalized spacial score (nSPS) is 21.3. The van der Waals surface area contributed by atoms with Crippen molar-refractivity contribution in [1.29, 1.82) is 0 Å². The van der Waals surface area contributed by atoms with E-state index in [1.54, 1.807) is 0 Å². The van der Waals surface area contributed by atoms with E-state index in [9.17, 15) is 5.11 Å². The molecule has 21 heavy (non-hydrogen) atoms. The van der Waals surface area contributed by atoms with Gasteiger partial charge in [0.15, 0.2) is 0 Å². The van der Waals surface area contributed by atoms with Gasteiger partial charge >= 0.3 is 7.12 Å². The maximum absolute atomic E-state index is 9.43. The van der Waals surface area contributed by atoms with Gasteiger partial charge in [-0.15, -0.1) is 11.6 Å². The maximum Gasteiger partial charge on any atom is 0.494 e. The molecule has 1 atom stereocenters. The van der Waals surface area contributed by atoms with Gasteiger partial charge in [0.1, 0.15) is 0 Å². The predicted octanol–water partition coefficient (Wildman–Crippen LogP) is 2.00. The molecule has 0 bridgehead atoms. The van der Waals surface area contributed by atoms with Gasteiger partial charge in [-0.25, -0.2) is 0 Å². The summed E-state index contributed by atoms with van der Waals surface area (Å²) in [5.74, 6) is 0.221. The Kier molecular flexibility index (Phi) is 4.88. The first-order chi connectivity index (χ1) is 9.75. The van der Waals surface area contributed by atoms with Gasteiger partial charge in [0, 0.05) is 12.2 Å². The van der Waals surface area contributed by atoms with Crippen LogP contribution in [0.1, 0.15) is 27.7 Å². The molecule has 0 amide bonds. The minimum absolute atomic E-state index is 0.221. The number of nitrogens with one attached hydrogen (secondary N) is 1. The molecule has 116 valence electrons. The minimum atomic E-state index is -0.547. The fourth-order valence-electron chi connectivity index (χ4n) is 2.03. The predicted molar refractivity (Wildman–Crippen MR) is 87.4 cm³/mol. The summed E-state index contributed by atoms with van der Waals surface area (Å²) in [4.78, 5) is 0. The minimum Gasteiger partial charge on any atom is -0.399 e. The van der Waals surface area contributed by atoms with Crippen molar-refractivity contribution in [2.75, 3.05) is 17.7 Å². The fourth-order valence-corrected chi connectivity index (χ4v) is 2.14. The molecule has 1 aliphatic heterocycles. The smallest absolute Gasteiger partial charge is 0.399 e. The molecular weight excluding hydrogens is 288 g/mol. The zero-order valence-corrected chi connectivity index (χ0v) is 13.8. The molecule has 0 radical (unpaired) electrons. The molecule has 1 aromatic carbocycles. The second kappa shape index (κ2) is 6.17. The van der Waals surface area contributed by atoms with Crippen molar-refractivity contribution < 1.29 is 14.4 Å². The Morgan fingerprint density at radius 1 is 1.14 bits per heavy atom. The number of rotatable bonds is 5. The van der Waals surface area contributed by atoms with Crippen LogP contribution < -0.4 is 10.8 Å². The first-order valence-electron chi connectivity index (χ1n) is 7.19. The first-order valence-corrected chi connectivity index (χ1v) is 7.72. The van der Waals surface area contributed by atoms with E-state index in [1.165, 1.54) is 0 Å². The summed E-state index contributed by atoms with van der Waals surface area (Å²) in [5, 5.41) is 12.6. The third-order valence-corrected chi connectivity index (χ3v) is 4.51. The first kappa shape index (κ1) is 16.6. The van der Waals surface area contributed by atoms with Crippen molar-refractivity contribution >= 4 is 29.9 Å². The van der Waals surface area contributed by atoms with Gasteiger partial charge in [0.25, 0.3) is 0 Å². The quantitative estimate of drug-likeness (QED) is 0.645. The van der Waals surface area contributed by atoms with E-state index < -0.39 is 6.10 Å². The SMILES string of the molecule is CC1(C)OB(c2ccc(NCC(O)CCl)cc2)OC1(C)C. The highest BCUT2D eigenvalue weighted by Gasteiger charge is 2.51. The summed E-state index contributed by atoms with van der Waals surface area (Å²) in [6.45, 7) is 8.58. The van der Waals surface area contributed by atoms with E-state index in [0.29, 0.717) is 6.54 Å². The number of anilines is 1. The molecule has 1 heterocycles. The van der Waals surface area contributed by atoms with Crippen molar-refractivity contribution in [1.82, 2.24) is 0 Å². The molecule has 1 saturated heterocycles. The lowest BCUT2D eigenvalue weighted by molar-refractivity contribution is 0.00578. The van der Waals surface area contributed by atoms with Crippen molar-refractivity contribution in [3.05, 3.63) is 24.3 Å². The molecule has 6 heteroatoms. The summed E-state index contributed by atoms with van der Waals surface area (Å²) < 4.78 is 12.0. The molecule has 1 aromatic rings. The summed E-state index contributed by atoms with van der Waals surface area (Å²) in [6.07, 6.45) is -0.547. The topological polar surface area (TPSA) is 50.7 Å². The van der Waals surface area contributed by atoms with E-state index >= 15 is 0 Å². The maximum atomic E-state index is 9.43. The molecule has 4 nitrogen and oxygen atoms in total. The Labute approximate surface area is 131 Å². The van der Waals surface area contributed by atoms with Crippen LogP contribution in [0.3, 0.4) is 0 Å². The Bertz CT molecular complexity index is 462. The lowest BCUT2D eigenvalue weighted by Gasteiger charge is -2.32. The number of halogens is 1. The molecule has 0 spiro atoms. The number of benzene rings is 1. The Morgan fingerprint density at radius 2 is 1.67 bits per heavy atom. The third kappa shape index (κ3) is 3.72. The van der Waals surface area contributed by atoms with E-state index in [2.05, 4.69) is 5.32 Å². The van der Waals surface area contributed by atoms with Crippen molar-refractivity contribution in [3.8, 4) is 0 Å².